The summed E-state index contributed by atoms with van der Waals surface area (Å²) in [5.41, 5.74) is 6.72. The number of hydrogen-bond acceptors (Lipinski definition) is 2. The Labute approximate surface area is 91.6 Å². The van der Waals surface area contributed by atoms with E-state index in [9.17, 15) is 0 Å². The molecule has 3 N–H and O–H groups in total. The standard InChI is InChI=1S/C11H21N3O/c1-9(2)7-13-11(12)14-8-10-3-5-15-6-4-10/h10H,1,3-8H2,2H3,(H3,12,13,14). The fourth-order valence-corrected chi connectivity index (χ4v) is 1.48. The van der Waals surface area contributed by atoms with E-state index < -0.39 is 0 Å². The van der Waals surface area contributed by atoms with Crippen LogP contribution >= 0.6 is 0 Å². The van der Waals surface area contributed by atoms with Gasteiger partial charge in [0.1, 0.15) is 0 Å². The Hall–Kier alpha value is -1.03. The lowest BCUT2D eigenvalue weighted by Crippen LogP contribution is -2.37. The number of nitrogens with one attached hydrogen (secondary N) is 1. The van der Waals surface area contributed by atoms with Crippen molar-refractivity contribution in [2.45, 2.75) is 19.8 Å². The SMILES string of the molecule is C=C(C)CN=C(N)NCC1CCOCC1. The molecule has 4 nitrogen and oxygen atoms in total. The average Bonchev–Trinajstić information content (AvgIpc) is 2.25. The second kappa shape index (κ2) is 6.45. The van der Waals surface area contributed by atoms with Crippen LogP contribution in [0.5, 0.6) is 0 Å². The summed E-state index contributed by atoms with van der Waals surface area (Å²) in [5, 5.41) is 3.14. The van der Waals surface area contributed by atoms with Gasteiger partial charge in [-0.1, -0.05) is 12.2 Å². The highest BCUT2D eigenvalue weighted by molar-refractivity contribution is 5.77. The Morgan fingerprint density at radius 2 is 2.20 bits per heavy atom. The molecule has 4 heteroatoms. The van der Waals surface area contributed by atoms with Crippen LogP contribution in [-0.2, 0) is 4.74 Å². The Balaban J connectivity index is 2.17. The first-order chi connectivity index (χ1) is 7.18. The Morgan fingerprint density at radius 3 is 2.80 bits per heavy atom. The first-order valence-corrected chi connectivity index (χ1v) is 5.44. The van der Waals surface area contributed by atoms with E-state index in [0.717, 1.165) is 38.2 Å². The zero-order valence-corrected chi connectivity index (χ0v) is 9.46. The minimum absolute atomic E-state index is 0.518. The summed E-state index contributed by atoms with van der Waals surface area (Å²) in [6.45, 7) is 8.95. The molecule has 86 valence electrons. The van der Waals surface area contributed by atoms with Crippen molar-refractivity contribution in [3.8, 4) is 0 Å². The fraction of sp³-hybridized carbons (Fsp3) is 0.727. The molecule has 0 unspecified atom stereocenters. The van der Waals surface area contributed by atoms with Crippen LogP contribution in [0.15, 0.2) is 17.1 Å². The summed E-state index contributed by atoms with van der Waals surface area (Å²) in [7, 11) is 0. The largest absolute Gasteiger partial charge is 0.381 e. The van der Waals surface area contributed by atoms with Crippen LogP contribution in [0.1, 0.15) is 19.8 Å². The van der Waals surface area contributed by atoms with Crippen LogP contribution in [0.4, 0.5) is 0 Å². The molecular weight excluding hydrogens is 190 g/mol. The van der Waals surface area contributed by atoms with Gasteiger partial charge in [-0.25, -0.2) is 4.99 Å². The monoisotopic (exact) mass is 211 g/mol. The van der Waals surface area contributed by atoms with Crippen LogP contribution in [0, 0.1) is 5.92 Å². The van der Waals surface area contributed by atoms with E-state index >= 15 is 0 Å². The molecule has 0 amide bonds. The lowest BCUT2D eigenvalue weighted by molar-refractivity contribution is 0.0676. The highest BCUT2D eigenvalue weighted by atomic mass is 16.5. The third-order valence-electron chi connectivity index (χ3n) is 2.43. The minimum atomic E-state index is 0.518. The van der Waals surface area contributed by atoms with Gasteiger partial charge in [0, 0.05) is 19.8 Å². The van der Waals surface area contributed by atoms with Crippen molar-refractivity contribution in [2.24, 2.45) is 16.6 Å². The summed E-state index contributed by atoms with van der Waals surface area (Å²) in [4.78, 5) is 4.16. The molecule has 15 heavy (non-hydrogen) atoms. The number of aliphatic imine (C=N–C) groups is 1. The summed E-state index contributed by atoms with van der Waals surface area (Å²) in [6.07, 6.45) is 2.22. The van der Waals surface area contributed by atoms with Gasteiger partial charge >= 0.3 is 0 Å². The fourth-order valence-electron chi connectivity index (χ4n) is 1.48. The highest BCUT2D eigenvalue weighted by Crippen LogP contribution is 2.12. The van der Waals surface area contributed by atoms with Gasteiger partial charge in [0.25, 0.3) is 0 Å². The number of nitrogens with zero attached hydrogens (tertiary/aromatic N) is 1. The van der Waals surface area contributed by atoms with E-state index in [2.05, 4.69) is 16.9 Å². The lowest BCUT2D eigenvalue weighted by atomic mass is 10.0. The highest BCUT2D eigenvalue weighted by Gasteiger charge is 2.13. The third-order valence-corrected chi connectivity index (χ3v) is 2.43. The number of ether oxygens (including phenoxy) is 1. The molecule has 1 aliphatic rings. The number of hydrogen-bond donors (Lipinski definition) is 2. The van der Waals surface area contributed by atoms with Crippen LogP contribution in [-0.4, -0.2) is 32.3 Å². The predicted molar refractivity (Wildman–Crippen MR) is 62.8 cm³/mol. The molecule has 1 saturated heterocycles. The zero-order valence-electron chi connectivity index (χ0n) is 9.46. The molecule has 0 aromatic heterocycles. The van der Waals surface area contributed by atoms with Crippen LogP contribution in [0.3, 0.4) is 0 Å². The quantitative estimate of drug-likeness (QED) is 0.412. The third kappa shape index (κ3) is 5.42. The van der Waals surface area contributed by atoms with Crippen molar-refractivity contribution in [1.82, 2.24) is 5.32 Å². The lowest BCUT2D eigenvalue weighted by Gasteiger charge is -2.22. The van der Waals surface area contributed by atoms with Gasteiger partial charge in [-0.05, 0) is 25.7 Å². The maximum atomic E-state index is 5.71. The van der Waals surface area contributed by atoms with Gasteiger partial charge in [0.2, 0.25) is 0 Å². The normalized spacial score (nSPS) is 18.9. The van der Waals surface area contributed by atoms with Gasteiger partial charge in [-0.3, -0.25) is 0 Å². The van der Waals surface area contributed by atoms with Gasteiger partial charge < -0.3 is 15.8 Å². The van der Waals surface area contributed by atoms with Gasteiger partial charge in [-0.15, -0.1) is 0 Å². The van der Waals surface area contributed by atoms with E-state index in [4.69, 9.17) is 10.5 Å². The van der Waals surface area contributed by atoms with E-state index in [-0.39, 0.29) is 0 Å². The van der Waals surface area contributed by atoms with Crippen molar-refractivity contribution in [3.05, 3.63) is 12.2 Å². The molecule has 1 fully saturated rings. The average molecular weight is 211 g/mol. The minimum Gasteiger partial charge on any atom is -0.381 e. The van der Waals surface area contributed by atoms with Crippen molar-refractivity contribution in [3.63, 3.8) is 0 Å². The van der Waals surface area contributed by atoms with E-state index in [1.165, 1.54) is 0 Å². The molecule has 0 radical (unpaired) electrons. The summed E-state index contributed by atoms with van der Waals surface area (Å²) >= 11 is 0. The molecule has 1 aliphatic heterocycles. The van der Waals surface area contributed by atoms with Crippen molar-refractivity contribution >= 4 is 5.96 Å². The molecule has 0 saturated carbocycles. The van der Waals surface area contributed by atoms with Gasteiger partial charge in [-0.2, -0.15) is 0 Å². The maximum Gasteiger partial charge on any atom is 0.188 e. The molecule has 0 aliphatic carbocycles. The molecule has 1 heterocycles. The molecule has 1 rings (SSSR count). The molecule has 0 atom stereocenters. The van der Waals surface area contributed by atoms with Gasteiger partial charge in [0.05, 0.1) is 6.54 Å². The Kier molecular flexibility index (Phi) is 5.18. The Morgan fingerprint density at radius 1 is 1.53 bits per heavy atom. The van der Waals surface area contributed by atoms with E-state index in [1.807, 2.05) is 6.92 Å². The Bertz CT molecular complexity index is 232. The number of guanidine groups is 1. The zero-order chi connectivity index (χ0) is 11.1. The predicted octanol–water partition coefficient (Wildman–Crippen LogP) is 0.893. The van der Waals surface area contributed by atoms with Crippen LogP contribution in [0.25, 0.3) is 0 Å². The van der Waals surface area contributed by atoms with Crippen LogP contribution < -0.4 is 11.1 Å². The first kappa shape index (κ1) is 12.0. The summed E-state index contributed by atoms with van der Waals surface area (Å²) < 4.78 is 5.28. The van der Waals surface area contributed by atoms with Crippen molar-refractivity contribution in [1.29, 1.82) is 0 Å². The summed E-state index contributed by atoms with van der Waals surface area (Å²) in [6, 6.07) is 0. The van der Waals surface area contributed by atoms with Gasteiger partial charge in [0.15, 0.2) is 5.96 Å². The molecular formula is C11H21N3O. The maximum absolute atomic E-state index is 5.71. The van der Waals surface area contributed by atoms with Crippen molar-refractivity contribution < 1.29 is 4.74 Å². The van der Waals surface area contributed by atoms with E-state index in [0.29, 0.717) is 18.4 Å². The second-order valence-electron chi connectivity index (χ2n) is 4.10. The van der Waals surface area contributed by atoms with E-state index in [1.54, 1.807) is 0 Å². The topological polar surface area (TPSA) is 59.6 Å². The second-order valence-corrected chi connectivity index (χ2v) is 4.10. The number of rotatable bonds is 4. The van der Waals surface area contributed by atoms with Crippen LogP contribution in [0.2, 0.25) is 0 Å². The van der Waals surface area contributed by atoms with Crippen molar-refractivity contribution in [2.75, 3.05) is 26.3 Å². The molecule has 0 aromatic carbocycles. The molecule has 0 aromatic rings. The smallest absolute Gasteiger partial charge is 0.188 e. The molecule has 0 spiro atoms. The molecule has 0 bridgehead atoms. The first-order valence-electron chi connectivity index (χ1n) is 5.44. The number of nitrogens with two attached hydrogens (primary N) is 1. The summed E-state index contributed by atoms with van der Waals surface area (Å²) in [5.74, 6) is 1.18.